The predicted molar refractivity (Wildman–Crippen MR) is 91.5 cm³/mol. The SMILES string of the molecule is CC1(C)Oc2cc([N+](=O)[O-])c(C(=O)c3ccc(O)cc3)cc2C=C1N. The summed E-state index contributed by atoms with van der Waals surface area (Å²) in [4.78, 5) is 23.5. The Morgan fingerprint density at radius 2 is 1.88 bits per heavy atom. The first-order chi connectivity index (χ1) is 11.7. The number of hydrogen-bond donors (Lipinski definition) is 2. The van der Waals surface area contributed by atoms with Crippen molar-refractivity contribution in [3.63, 3.8) is 0 Å². The van der Waals surface area contributed by atoms with Crippen LogP contribution in [0.15, 0.2) is 42.1 Å². The number of aromatic hydroxyl groups is 1. The molecule has 0 saturated carbocycles. The van der Waals surface area contributed by atoms with Gasteiger partial charge in [0.25, 0.3) is 5.69 Å². The highest BCUT2D eigenvalue weighted by molar-refractivity contribution is 6.12. The van der Waals surface area contributed by atoms with Crippen molar-refractivity contribution in [2.45, 2.75) is 19.4 Å². The first-order valence-electron chi connectivity index (χ1n) is 7.52. The molecule has 25 heavy (non-hydrogen) atoms. The van der Waals surface area contributed by atoms with Gasteiger partial charge in [-0.1, -0.05) is 0 Å². The van der Waals surface area contributed by atoms with Crippen LogP contribution in [-0.2, 0) is 0 Å². The Morgan fingerprint density at radius 3 is 2.48 bits per heavy atom. The first kappa shape index (κ1) is 16.5. The Bertz CT molecular complexity index is 914. The van der Waals surface area contributed by atoms with Gasteiger partial charge < -0.3 is 15.6 Å². The Balaban J connectivity index is 2.15. The summed E-state index contributed by atoms with van der Waals surface area (Å²) in [6, 6.07) is 8.16. The summed E-state index contributed by atoms with van der Waals surface area (Å²) >= 11 is 0. The van der Waals surface area contributed by atoms with Gasteiger partial charge in [-0.2, -0.15) is 0 Å². The Hall–Kier alpha value is -3.35. The lowest BCUT2D eigenvalue weighted by atomic mass is 9.94. The van der Waals surface area contributed by atoms with E-state index in [0.29, 0.717) is 17.0 Å². The van der Waals surface area contributed by atoms with E-state index in [2.05, 4.69) is 0 Å². The van der Waals surface area contributed by atoms with Gasteiger partial charge in [-0.15, -0.1) is 0 Å². The van der Waals surface area contributed by atoms with Crippen LogP contribution in [0.1, 0.15) is 35.3 Å². The van der Waals surface area contributed by atoms with Crippen LogP contribution < -0.4 is 10.5 Å². The third-order valence-corrected chi connectivity index (χ3v) is 4.07. The van der Waals surface area contributed by atoms with Crippen LogP contribution in [0.2, 0.25) is 0 Å². The van der Waals surface area contributed by atoms with Crippen molar-refractivity contribution in [2.24, 2.45) is 5.73 Å². The number of phenolic OH excluding ortho intramolecular Hbond substituents is 1. The summed E-state index contributed by atoms with van der Waals surface area (Å²) in [5.74, 6) is -0.220. The number of fused-ring (bicyclic) bond motifs is 1. The zero-order chi connectivity index (χ0) is 18.4. The maximum atomic E-state index is 12.7. The average molecular weight is 340 g/mol. The van der Waals surface area contributed by atoms with Gasteiger partial charge in [-0.3, -0.25) is 14.9 Å². The molecule has 0 fully saturated rings. The lowest BCUT2D eigenvalue weighted by Crippen LogP contribution is -2.37. The predicted octanol–water partition coefficient (Wildman–Crippen LogP) is 3.00. The van der Waals surface area contributed by atoms with Gasteiger partial charge in [-0.25, -0.2) is 0 Å². The van der Waals surface area contributed by atoms with Crippen molar-refractivity contribution < 1.29 is 19.6 Å². The van der Waals surface area contributed by atoms with E-state index in [4.69, 9.17) is 10.5 Å². The molecule has 1 aliphatic rings. The van der Waals surface area contributed by atoms with Crippen LogP contribution in [0.5, 0.6) is 11.5 Å². The van der Waals surface area contributed by atoms with E-state index < -0.39 is 16.3 Å². The van der Waals surface area contributed by atoms with E-state index in [1.165, 1.54) is 36.4 Å². The van der Waals surface area contributed by atoms with E-state index in [0.717, 1.165) is 0 Å². The molecule has 1 aliphatic heterocycles. The fraction of sp³-hybridized carbons (Fsp3) is 0.167. The van der Waals surface area contributed by atoms with Crippen molar-refractivity contribution in [3.05, 3.63) is 68.9 Å². The van der Waals surface area contributed by atoms with Gasteiger partial charge in [0.05, 0.1) is 16.7 Å². The van der Waals surface area contributed by atoms with Gasteiger partial charge in [0.15, 0.2) is 5.78 Å². The lowest BCUT2D eigenvalue weighted by Gasteiger charge is -2.31. The van der Waals surface area contributed by atoms with Gasteiger partial charge >= 0.3 is 0 Å². The molecular weight excluding hydrogens is 324 g/mol. The second-order valence-electron chi connectivity index (χ2n) is 6.25. The summed E-state index contributed by atoms with van der Waals surface area (Å²) in [6.45, 7) is 3.51. The van der Waals surface area contributed by atoms with Crippen molar-refractivity contribution in [2.75, 3.05) is 0 Å². The second-order valence-corrected chi connectivity index (χ2v) is 6.25. The number of nitrogens with zero attached hydrogens (tertiary/aromatic N) is 1. The Morgan fingerprint density at radius 1 is 1.24 bits per heavy atom. The molecule has 0 aliphatic carbocycles. The third-order valence-electron chi connectivity index (χ3n) is 4.07. The number of carbonyl (C=O) groups is 1. The molecule has 7 nitrogen and oxygen atoms in total. The van der Waals surface area contributed by atoms with Gasteiger partial charge in [0.2, 0.25) is 0 Å². The first-order valence-corrected chi connectivity index (χ1v) is 7.52. The normalized spacial score (nSPS) is 14.9. The highest BCUT2D eigenvalue weighted by Crippen LogP contribution is 2.38. The molecule has 128 valence electrons. The van der Waals surface area contributed by atoms with Crippen LogP contribution >= 0.6 is 0 Å². The molecular formula is C18H16N2O5. The Kier molecular flexibility index (Phi) is 3.71. The Labute approximate surface area is 143 Å². The minimum Gasteiger partial charge on any atom is -0.508 e. The van der Waals surface area contributed by atoms with Crippen molar-refractivity contribution >= 4 is 17.5 Å². The van der Waals surface area contributed by atoms with E-state index >= 15 is 0 Å². The molecule has 2 aromatic rings. The second kappa shape index (κ2) is 5.62. The molecule has 0 radical (unpaired) electrons. The van der Waals surface area contributed by atoms with Crippen LogP contribution in [0.25, 0.3) is 6.08 Å². The molecule has 0 aromatic heterocycles. The number of ether oxygens (including phenoxy) is 1. The van der Waals surface area contributed by atoms with E-state index in [1.807, 2.05) is 0 Å². The third kappa shape index (κ3) is 2.91. The molecule has 3 N–H and O–H groups in total. The summed E-state index contributed by atoms with van der Waals surface area (Å²) in [5, 5.41) is 20.8. The summed E-state index contributed by atoms with van der Waals surface area (Å²) in [6.07, 6.45) is 1.65. The molecule has 0 atom stereocenters. The van der Waals surface area contributed by atoms with Gasteiger partial charge in [0, 0.05) is 11.1 Å². The number of rotatable bonds is 3. The number of nitro benzene ring substituents is 1. The van der Waals surface area contributed by atoms with E-state index in [-0.39, 0.29) is 22.6 Å². The zero-order valence-corrected chi connectivity index (χ0v) is 13.6. The lowest BCUT2D eigenvalue weighted by molar-refractivity contribution is -0.385. The topological polar surface area (TPSA) is 116 Å². The molecule has 0 bridgehead atoms. The molecule has 0 spiro atoms. The molecule has 0 unspecified atom stereocenters. The smallest absolute Gasteiger partial charge is 0.284 e. The fourth-order valence-corrected chi connectivity index (χ4v) is 2.56. The highest BCUT2D eigenvalue weighted by Gasteiger charge is 2.32. The summed E-state index contributed by atoms with van der Waals surface area (Å²) in [5.41, 5.74) is 5.96. The summed E-state index contributed by atoms with van der Waals surface area (Å²) in [7, 11) is 0. The molecule has 0 saturated heterocycles. The number of nitrogens with two attached hydrogens (primary N) is 1. The van der Waals surface area contributed by atoms with Crippen LogP contribution in [0, 0.1) is 10.1 Å². The number of nitro groups is 1. The van der Waals surface area contributed by atoms with E-state index in [9.17, 15) is 20.0 Å². The number of ketones is 1. The van der Waals surface area contributed by atoms with E-state index in [1.54, 1.807) is 19.9 Å². The number of phenols is 1. The minimum atomic E-state index is -0.788. The summed E-state index contributed by atoms with van der Waals surface area (Å²) < 4.78 is 5.74. The zero-order valence-electron chi connectivity index (χ0n) is 13.6. The van der Waals surface area contributed by atoms with Crippen molar-refractivity contribution in [1.29, 1.82) is 0 Å². The largest absolute Gasteiger partial charge is 0.508 e. The monoisotopic (exact) mass is 340 g/mol. The number of carbonyl (C=O) groups excluding carboxylic acids is 1. The number of hydrogen-bond acceptors (Lipinski definition) is 6. The average Bonchev–Trinajstić information content (AvgIpc) is 2.54. The molecule has 7 heteroatoms. The van der Waals surface area contributed by atoms with Gasteiger partial charge in [0.1, 0.15) is 22.7 Å². The van der Waals surface area contributed by atoms with Crippen LogP contribution in [-0.4, -0.2) is 21.4 Å². The number of benzene rings is 2. The maximum absolute atomic E-state index is 12.7. The quantitative estimate of drug-likeness (QED) is 0.504. The van der Waals surface area contributed by atoms with Crippen LogP contribution in [0.3, 0.4) is 0 Å². The van der Waals surface area contributed by atoms with Crippen molar-refractivity contribution in [1.82, 2.24) is 0 Å². The molecule has 0 amide bonds. The maximum Gasteiger partial charge on any atom is 0.284 e. The van der Waals surface area contributed by atoms with Crippen LogP contribution in [0.4, 0.5) is 5.69 Å². The highest BCUT2D eigenvalue weighted by atomic mass is 16.6. The standard InChI is InChI=1S/C18H16N2O5/c1-18(2)16(19)8-11-7-13(14(20(23)24)9-15(11)25-18)17(22)10-3-5-12(21)6-4-10/h3-9,21H,19H2,1-2H3. The molecule has 3 rings (SSSR count). The fourth-order valence-electron chi connectivity index (χ4n) is 2.56. The molecule has 1 heterocycles. The molecule has 2 aromatic carbocycles. The van der Waals surface area contributed by atoms with Crippen molar-refractivity contribution in [3.8, 4) is 11.5 Å². The minimum absolute atomic E-state index is 0.00262. The van der Waals surface area contributed by atoms with Gasteiger partial charge in [-0.05, 0) is 50.3 Å².